The Morgan fingerprint density at radius 1 is 1.14 bits per heavy atom. The van der Waals surface area contributed by atoms with Crippen LogP contribution in [0.5, 0.6) is 5.75 Å². The van der Waals surface area contributed by atoms with Crippen LogP contribution in [-0.2, 0) is 22.3 Å². The Balaban J connectivity index is 1.42. The predicted molar refractivity (Wildman–Crippen MR) is 99.9 cm³/mol. The SMILES string of the molecule is O=C(COc1cccc(C(F)(F)F)c1)NCC1CC(=O)N(Cc2ccccc2)C1. The lowest BCUT2D eigenvalue weighted by atomic mass is 10.1. The Bertz CT molecular complexity index is 856. The maximum Gasteiger partial charge on any atom is 0.416 e. The number of ether oxygens (including phenoxy) is 1. The van der Waals surface area contributed by atoms with Gasteiger partial charge in [-0.1, -0.05) is 36.4 Å². The molecule has 1 N–H and O–H groups in total. The number of hydrogen-bond donors (Lipinski definition) is 1. The van der Waals surface area contributed by atoms with E-state index in [2.05, 4.69) is 5.32 Å². The summed E-state index contributed by atoms with van der Waals surface area (Å²) in [4.78, 5) is 25.9. The van der Waals surface area contributed by atoms with E-state index in [-0.39, 0.29) is 17.6 Å². The number of benzene rings is 2. The van der Waals surface area contributed by atoms with E-state index in [1.807, 2.05) is 30.3 Å². The minimum atomic E-state index is -4.47. The monoisotopic (exact) mass is 406 g/mol. The van der Waals surface area contributed by atoms with E-state index in [1.165, 1.54) is 12.1 Å². The fourth-order valence-corrected chi connectivity index (χ4v) is 3.17. The Labute approximate surface area is 166 Å². The van der Waals surface area contributed by atoms with Crippen LogP contribution in [0.25, 0.3) is 0 Å². The van der Waals surface area contributed by atoms with Gasteiger partial charge >= 0.3 is 6.18 Å². The zero-order chi connectivity index (χ0) is 20.9. The number of halogens is 3. The lowest BCUT2D eigenvalue weighted by Crippen LogP contribution is -2.34. The first-order valence-electron chi connectivity index (χ1n) is 9.20. The molecule has 1 atom stereocenters. The number of alkyl halides is 3. The van der Waals surface area contributed by atoms with Crippen molar-refractivity contribution < 1.29 is 27.5 Å². The smallest absolute Gasteiger partial charge is 0.416 e. The summed E-state index contributed by atoms with van der Waals surface area (Å²) in [6, 6.07) is 14.0. The molecule has 1 unspecified atom stereocenters. The van der Waals surface area contributed by atoms with Crippen molar-refractivity contribution in [1.29, 1.82) is 0 Å². The molecule has 1 saturated heterocycles. The summed E-state index contributed by atoms with van der Waals surface area (Å²) >= 11 is 0. The van der Waals surface area contributed by atoms with Crippen LogP contribution < -0.4 is 10.1 Å². The van der Waals surface area contributed by atoms with Crippen LogP contribution in [0.1, 0.15) is 17.5 Å². The van der Waals surface area contributed by atoms with Crippen molar-refractivity contribution in [1.82, 2.24) is 10.2 Å². The zero-order valence-corrected chi connectivity index (χ0v) is 15.6. The molecule has 0 saturated carbocycles. The predicted octanol–water partition coefficient (Wildman–Crippen LogP) is 3.25. The van der Waals surface area contributed by atoms with Crippen LogP contribution in [0.4, 0.5) is 13.2 Å². The van der Waals surface area contributed by atoms with Crippen molar-refractivity contribution in [2.45, 2.75) is 19.1 Å². The molecule has 1 aliphatic heterocycles. The van der Waals surface area contributed by atoms with Gasteiger partial charge in [0, 0.05) is 32.0 Å². The first kappa shape index (κ1) is 20.7. The number of nitrogens with zero attached hydrogens (tertiary/aromatic N) is 1. The van der Waals surface area contributed by atoms with Crippen molar-refractivity contribution in [2.75, 3.05) is 19.7 Å². The number of nitrogens with one attached hydrogen (secondary N) is 1. The minimum absolute atomic E-state index is 0.0104. The summed E-state index contributed by atoms with van der Waals surface area (Å²) in [7, 11) is 0. The Hall–Kier alpha value is -3.03. The van der Waals surface area contributed by atoms with Gasteiger partial charge in [-0.05, 0) is 23.8 Å². The Kier molecular flexibility index (Phi) is 6.41. The Morgan fingerprint density at radius 3 is 2.62 bits per heavy atom. The number of rotatable bonds is 7. The van der Waals surface area contributed by atoms with Gasteiger partial charge in [0.2, 0.25) is 5.91 Å². The van der Waals surface area contributed by atoms with E-state index in [0.717, 1.165) is 17.7 Å². The van der Waals surface area contributed by atoms with Crippen molar-refractivity contribution in [3.63, 3.8) is 0 Å². The molecule has 1 aliphatic rings. The van der Waals surface area contributed by atoms with Gasteiger partial charge < -0.3 is 15.0 Å². The van der Waals surface area contributed by atoms with E-state index in [4.69, 9.17) is 4.74 Å². The summed E-state index contributed by atoms with van der Waals surface area (Å²) in [5, 5.41) is 2.68. The molecule has 3 rings (SSSR count). The molecule has 1 heterocycles. The van der Waals surface area contributed by atoms with Crippen LogP contribution in [0.3, 0.4) is 0 Å². The van der Waals surface area contributed by atoms with E-state index in [1.54, 1.807) is 4.90 Å². The lowest BCUT2D eigenvalue weighted by Gasteiger charge is -2.17. The number of hydrogen-bond acceptors (Lipinski definition) is 3. The van der Waals surface area contributed by atoms with Crippen molar-refractivity contribution >= 4 is 11.8 Å². The highest BCUT2D eigenvalue weighted by molar-refractivity contribution is 5.79. The largest absolute Gasteiger partial charge is 0.484 e. The fraction of sp³-hybridized carbons (Fsp3) is 0.333. The Morgan fingerprint density at radius 2 is 1.90 bits per heavy atom. The van der Waals surface area contributed by atoms with Gasteiger partial charge in [-0.15, -0.1) is 0 Å². The molecule has 154 valence electrons. The standard InChI is InChI=1S/C21H21F3N2O3/c22-21(23,24)17-7-4-8-18(10-17)29-14-19(27)25-11-16-9-20(28)26(13-16)12-15-5-2-1-3-6-15/h1-8,10,16H,9,11-14H2,(H,25,27). The first-order chi connectivity index (χ1) is 13.8. The normalized spacial score (nSPS) is 16.7. The molecule has 29 heavy (non-hydrogen) atoms. The van der Waals surface area contributed by atoms with E-state index >= 15 is 0 Å². The summed E-state index contributed by atoms with van der Waals surface area (Å²) in [6.07, 6.45) is -4.12. The van der Waals surface area contributed by atoms with Gasteiger partial charge in [0.25, 0.3) is 5.91 Å². The van der Waals surface area contributed by atoms with Crippen LogP contribution in [0.2, 0.25) is 0 Å². The van der Waals surface area contributed by atoms with Crippen molar-refractivity contribution in [2.24, 2.45) is 5.92 Å². The fourth-order valence-electron chi connectivity index (χ4n) is 3.17. The molecular weight excluding hydrogens is 385 g/mol. The molecule has 8 heteroatoms. The molecule has 0 bridgehead atoms. The quantitative estimate of drug-likeness (QED) is 0.768. The highest BCUT2D eigenvalue weighted by Gasteiger charge is 2.31. The molecule has 5 nitrogen and oxygen atoms in total. The van der Waals surface area contributed by atoms with Crippen molar-refractivity contribution in [3.05, 3.63) is 65.7 Å². The second kappa shape index (κ2) is 8.98. The van der Waals surface area contributed by atoms with Crippen LogP contribution in [0, 0.1) is 5.92 Å². The highest BCUT2D eigenvalue weighted by Crippen LogP contribution is 2.31. The topological polar surface area (TPSA) is 58.6 Å². The second-order valence-corrected chi connectivity index (χ2v) is 6.95. The third-order valence-corrected chi connectivity index (χ3v) is 4.63. The molecule has 2 amide bonds. The molecule has 0 aliphatic carbocycles. The maximum absolute atomic E-state index is 12.7. The number of likely N-dealkylation sites (tertiary alicyclic amines) is 1. The van der Waals surface area contributed by atoms with Gasteiger partial charge in [-0.25, -0.2) is 0 Å². The molecule has 0 radical (unpaired) electrons. The molecular formula is C21H21F3N2O3. The second-order valence-electron chi connectivity index (χ2n) is 6.95. The average Bonchev–Trinajstić information content (AvgIpc) is 3.04. The van der Waals surface area contributed by atoms with Gasteiger partial charge in [-0.3, -0.25) is 9.59 Å². The van der Waals surface area contributed by atoms with Crippen LogP contribution in [-0.4, -0.2) is 36.4 Å². The highest BCUT2D eigenvalue weighted by atomic mass is 19.4. The van der Waals surface area contributed by atoms with Crippen LogP contribution >= 0.6 is 0 Å². The third kappa shape index (κ3) is 5.97. The third-order valence-electron chi connectivity index (χ3n) is 4.63. The molecule has 0 aromatic heterocycles. The average molecular weight is 406 g/mol. The summed E-state index contributed by atoms with van der Waals surface area (Å²) in [6.45, 7) is 0.989. The zero-order valence-electron chi connectivity index (χ0n) is 15.6. The van der Waals surface area contributed by atoms with E-state index in [9.17, 15) is 22.8 Å². The first-order valence-corrected chi connectivity index (χ1v) is 9.20. The summed E-state index contributed by atoms with van der Waals surface area (Å²) in [5.74, 6) is -0.450. The van der Waals surface area contributed by atoms with Gasteiger partial charge in [0.15, 0.2) is 6.61 Å². The summed E-state index contributed by atoms with van der Waals surface area (Å²) in [5.41, 5.74) is 0.207. The number of carbonyl (C=O) groups is 2. The number of amides is 2. The van der Waals surface area contributed by atoms with Gasteiger partial charge in [0.1, 0.15) is 5.75 Å². The molecule has 2 aromatic rings. The van der Waals surface area contributed by atoms with Crippen molar-refractivity contribution in [3.8, 4) is 5.75 Å². The van der Waals surface area contributed by atoms with E-state index < -0.39 is 24.3 Å². The molecule has 0 spiro atoms. The molecule has 2 aromatic carbocycles. The van der Waals surface area contributed by atoms with Gasteiger partial charge in [0.05, 0.1) is 5.56 Å². The van der Waals surface area contributed by atoms with Gasteiger partial charge in [-0.2, -0.15) is 13.2 Å². The maximum atomic E-state index is 12.7. The van der Waals surface area contributed by atoms with E-state index in [0.29, 0.717) is 26.1 Å². The lowest BCUT2D eigenvalue weighted by molar-refractivity contribution is -0.137. The summed E-state index contributed by atoms with van der Waals surface area (Å²) < 4.78 is 43.2. The van der Waals surface area contributed by atoms with Crippen LogP contribution in [0.15, 0.2) is 54.6 Å². The number of carbonyl (C=O) groups excluding carboxylic acids is 2. The minimum Gasteiger partial charge on any atom is -0.484 e. The molecule has 1 fully saturated rings.